The van der Waals surface area contributed by atoms with Gasteiger partial charge in [-0.15, -0.1) is 0 Å². The monoisotopic (exact) mass is 438 g/mol. The third-order valence-corrected chi connectivity index (χ3v) is 10.9. The highest BCUT2D eigenvalue weighted by Crippen LogP contribution is 2.56. The summed E-state index contributed by atoms with van der Waals surface area (Å²) in [4.78, 5) is 0. The molecule has 0 heterocycles. The molecule has 1 atom stereocenters. The first-order chi connectivity index (χ1) is 15.3. The molecule has 0 saturated heterocycles. The van der Waals surface area contributed by atoms with Gasteiger partial charge in [0.15, 0.2) is 0 Å². The SMILES string of the molecule is COc1cccc(OC)c1-c1ccccc1P(C1CCCCCCC1)C1CCCCC1. The Labute approximate surface area is 190 Å². The molecule has 2 aromatic carbocycles. The molecule has 2 nitrogen and oxygen atoms in total. The Balaban J connectivity index is 1.81. The van der Waals surface area contributed by atoms with Crippen molar-refractivity contribution in [2.75, 3.05) is 14.2 Å². The van der Waals surface area contributed by atoms with Crippen LogP contribution >= 0.6 is 7.92 Å². The fourth-order valence-corrected chi connectivity index (χ4v) is 9.74. The topological polar surface area (TPSA) is 18.5 Å². The first-order valence-corrected chi connectivity index (χ1v) is 13.9. The Kier molecular flexibility index (Phi) is 8.31. The summed E-state index contributed by atoms with van der Waals surface area (Å²) in [5.41, 5.74) is 4.21. The van der Waals surface area contributed by atoms with E-state index in [1.54, 1.807) is 19.5 Å². The van der Waals surface area contributed by atoms with Crippen LogP contribution in [0, 0.1) is 0 Å². The third-order valence-electron chi connectivity index (χ3n) is 7.32. The fraction of sp³-hybridized carbons (Fsp3) is 0.571. The van der Waals surface area contributed by atoms with Crippen molar-refractivity contribution in [1.29, 1.82) is 0 Å². The summed E-state index contributed by atoms with van der Waals surface area (Å²) in [6.45, 7) is 0. The Hall–Kier alpha value is -1.53. The van der Waals surface area contributed by atoms with E-state index in [1.807, 2.05) is 6.07 Å². The normalized spacial score (nSPS) is 19.9. The highest BCUT2D eigenvalue weighted by molar-refractivity contribution is 7.67. The van der Waals surface area contributed by atoms with Crippen LogP contribution in [0.5, 0.6) is 11.5 Å². The summed E-state index contributed by atoms with van der Waals surface area (Å²) in [5.74, 6) is 1.84. The van der Waals surface area contributed by atoms with Crippen LogP contribution in [-0.4, -0.2) is 25.5 Å². The minimum absolute atomic E-state index is 0.211. The van der Waals surface area contributed by atoms with Gasteiger partial charge in [0.1, 0.15) is 11.5 Å². The minimum Gasteiger partial charge on any atom is -0.496 e. The zero-order chi connectivity index (χ0) is 21.5. The van der Waals surface area contributed by atoms with E-state index in [2.05, 4.69) is 36.4 Å². The van der Waals surface area contributed by atoms with Crippen molar-refractivity contribution < 1.29 is 9.47 Å². The van der Waals surface area contributed by atoms with Crippen LogP contribution in [0.1, 0.15) is 77.0 Å². The third kappa shape index (κ3) is 5.28. The second-order valence-electron chi connectivity index (χ2n) is 9.25. The molecule has 0 amide bonds. The van der Waals surface area contributed by atoms with Gasteiger partial charge in [-0.1, -0.05) is 89.6 Å². The zero-order valence-electron chi connectivity index (χ0n) is 19.4. The van der Waals surface area contributed by atoms with Gasteiger partial charge in [-0.25, -0.2) is 0 Å². The van der Waals surface area contributed by atoms with Gasteiger partial charge < -0.3 is 9.47 Å². The molecular weight excluding hydrogens is 399 g/mol. The van der Waals surface area contributed by atoms with E-state index in [0.29, 0.717) is 0 Å². The van der Waals surface area contributed by atoms with Gasteiger partial charge in [0.05, 0.1) is 19.8 Å². The van der Waals surface area contributed by atoms with Crippen molar-refractivity contribution in [2.45, 2.75) is 88.4 Å². The molecule has 168 valence electrons. The van der Waals surface area contributed by atoms with E-state index in [1.165, 1.54) is 82.6 Å². The average Bonchev–Trinajstić information content (AvgIpc) is 2.81. The predicted octanol–water partition coefficient (Wildman–Crippen LogP) is 7.92. The Morgan fingerprint density at radius 1 is 0.613 bits per heavy atom. The lowest BCUT2D eigenvalue weighted by molar-refractivity contribution is 0.397. The standard InChI is InChI=1S/C28H39O2P/c1-29-25-19-13-20-26(30-2)28(25)24-18-11-12-21-27(24)31(23-16-9-6-10-17-23)22-14-7-4-3-5-8-15-22/h11-13,18-23H,3-10,14-17H2,1-2H3. The van der Waals surface area contributed by atoms with Crippen LogP contribution in [0.25, 0.3) is 11.1 Å². The van der Waals surface area contributed by atoms with Gasteiger partial charge in [0, 0.05) is 0 Å². The molecule has 0 aliphatic heterocycles. The molecule has 0 radical (unpaired) electrons. The molecule has 31 heavy (non-hydrogen) atoms. The summed E-state index contributed by atoms with van der Waals surface area (Å²) < 4.78 is 11.7. The molecule has 3 heteroatoms. The van der Waals surface area contributed by atoms with E-state index >= 15 is 0 Å². The predicted molar refractivity (Wildman–Crippen MR) is 135 cm³/mol. The fourth-order valence-electron chi connectivity index (χ4n) is 5.79. The second kappa shape index (κ2) is 11.4. The van der Waals surface area contributed by atoms with Crippen LogP contribution in [0.2, 0.25) is 0 Å². The number of methoxy groups -OCH3 is 2. The van der Waals surface area contributed by atoms with Gasteiger partial charge in [-0.2, -0.15) is 0 Å². The lowest BCUT2D eigenvalue weighted by atomic mass is 10.00. The summed E-state index contributed by atoms with van der Waals surface area (Å²) in [6.07, 6.45) is 17.0. The smallest absolute Gasteiger partial charge is 0.130 e. The minimum atomic E-state index is -0.211. The quantitative estimate of drug-likeness (QED) is 0.426. The van der Waals surface area contributed by atoms with Gasteiger partial charge >= 0.3 is 0 Å². The summed E-state index contributed by atoms with van der Waals surface area (Å²) in [7, 11) is 3.34. The zero-order valence-corrected chi connectivity index (χ0v) is 20.3. The molecule has 2 aliphatic carbocycles. The van der Waals surface area contributed by atoms with E-state index in [0.717, 1.165) is 28.4 Å². The number of hydrogen-bond acceptors (Lipinski definition) is 2. The van der Waals surface area contributed by atoms with Gasteiger partial charge in [0.25, 0.3) is 0 Å². The average molecular weight is 439 g/mol. The Morgan fingerprint density at radius 2 is 1.10 bits per heavy atom. The van der Waals surface area contributed by atoms with Gasteiger partial charge in [0.2, 0.25) is 0 Å². The lowest BCUT2D eigenvalue weighted by Gasteiger charge is -2.39. The molecule has 2 aromatic rings. The highest BCUT2D eigenvalue weighted by Gasteiger charge is 2.33. The van der Waals surface area contributed by atoms with Crippen LogP contribution in [0.3, 0.4) is 0 Å². The molecule has 0 spiro atoms. The summed E-state index contributed by atoms with van der Waals surface area (Å²) >= 11 is 0. The largest absolute Gasteiger partial charge is 0.496 e. The van der Waals surface area contributed by atoms with Gasteiger partial charge in [-0.3, -0.25) is 0 Å². The maximum Gasteiger partial charge on any atom is 0.130 e. The van der Waals surface area contributed by atoms with Crippen LogP contribution in [-0.2, 0) is 0 Å². The van der Waals surface area contributed by atoms with Crippen LogP contribution in [0.4, 0.5) is 0 Å². The molecule has 0 aromatic heterocycles. The van der Waals surface area contributed by atoms with Crippen molar-refractivity contribution in [1.82, 2.24) is 0 Å². The van der Waals surface area contributed by atoms with Crippen molar-refractivity contribution >= 4 is 13.2 Å². The highest BCUT2D eigenvalue weighted by atomic mass is 31.1. The van der Waals surface area contributed by atoms with Crippen molar-refractivity contribution in [3.63, 3.8) is 0 Å². The van der Waals surface area contributed by atoms with E-state index in [-0.39, 0.29) is 7.92 Å². The van der Waals surface area contributed by atoms with Crippen molar-refractivity contribution in [2.24, 2.45) is 0 Å². The molecule has 1 unspecified atom stereocenters. The maximum absolute atomic E-state index is 5.83. The molecule has 2 fully saturated rings. The number of benzene rings is 2. The summed E-state index contributed by atoms with van der Waals surface area (Å²) in [5, 5.41) is 1.60. The van der Waals surface area contributed by atoms with E-state index in [4.69, 9.17) is 9.47 Å². The van der Waals surface area contributed by atoms with E-state index < -0.39 is 0 Å². The number of rotatable bonds is 6. The summed E-state index contributed by atoms with van der Waals surface area (Å²) in [6, 6.07) is 15.4. The molecule has 4 rings (SSSR count). The second-order valence-corrected chi connectivity index (χ2v) is 12.0. The van der Waals surface area contributed by atoms with E-state index in [9.17, 15) is 0 Å². The molecule has 2 aliphatic rings. The lowest BCUT2D eigenvalue weighted by Crippen LogP contribution is -2.26. The van der Waals surface area contributed by atoms with Crippen LogP contribution < -0.4 is 14.8 Å². The Morgan fingerprint density at radius 3 is 1.65 bits per heavy atom. The first kappa shape index (κ1) is 22.7. The van der Waals surface area contributed by atoms with Crippen molar-refractivity contribution in [3.05, 3.63) is 42.5 Å². The van der Waals surface area contributed by atoms with Gasteiger partial charge in [-0.05, 0) is 60.0 Å². The Bertz CT molecular complexity index is 797. The number of ether oxygens (including phenoxy) is 2. The van der Waals surface area contributed by atoms with Crippen molar-refractivity contribution in [3.8, 4) is 22.6 Å². The molecule has 0 N–H and O–H groups in total. The molecule has 2 saturated carbocycles. The molecular formula is C28H39O2P. The number of hydrogen-bond donors (Lipinski definition) is 0. The maximum atomic E-state index is 5.83. The van der Waals surface area contributed by atoms with Crippen LogP contribution in [0.15, 0.2) is 42.5 Å². The molecule has 0 bridgehead atoms. The first-order valence-electron chi connectivity index (χ1n) is 12.4.